The molecule has 1 aliphatic rings. The Hall–Kier alpha value is -2.10. The van der Waals surface area contributed by atoms with Gasteiger partial charge in [-0.3, -0.25) is 4.79 Å². The van der Waals surface area contributed by atoms with Crippen LogP contribution >= 0.6 is 0 Å². The van der Waals surface area contributed by atoms with E-state index >= 15 is 0 Å². The molecule has 0 saturated carbocycles. The molecule has 1 aromatic heterocycles. The van der Waals surface area contributed by atoms with Gasteiger partial charge in [0.2, 0.25) is 5.91 Å². The lowest BCUT2D eigenvalue weighted by molar-refractivity contribution is -0.119. The van der Waals surface area contributed by atoms with Crippen molar-refractivity contribution >= 4 is 22.6 Å². The number of hydrogen-bond acceptors (Lipinski definition) is 3. The minimum atomic E-state index is -0.441. The van der Waals surface area contributed by atoms with E-state index in [1.165, 1.54) is 0 Å². The van der Waals surface area contributed by atoms with Gasteiger partial charge in [-0.2, -0.15) is 0 Å². The molecule has 4 heteroatoms. The predicted octanol–water partition coefficient (Wildman–Crippen LogP) is 2.31. The number of carbonyl (C=O) groups excluding carboxylic acids is 1. The predicted molar refractivity (Wildman–Crippen MR) is 68.7 cm³/mol. The summed E-state index contributed by atoms with van der Waals surface area (Å²) >= 11 is 0. The molecule has 0 spiro atoms. The summed E-state index contributed by atoms with van der Waals surface area (Å²) in [6.07, 6.45) is 2.33. The molecule has 4 nitrogen and oxygen atoms in total. The van der Waals surface area contributed by atoms with E-state index in [2.05, 4.69) is 0 Å². The van der Waals surface area contributed by atoms with Gasteiger partial charge >= 0.3 is 5.63 Å². The minimum absolute atomic E-state index is 0.00355. The first-order chi connectivity index (χ1) is 8.75. The fourth-order valence-corrected chi connectivity index (χ4v) is 2.30. The first kappa shape index (κ1) is 11.0. The van der Waals surface area contributed by atoms with Crippen molar-refractivity contribution in [2.75, 3.05) is 11.4 Å². The Kier molecular flexibility index (Phi) is 2.63. The Labute approximate surface area is 104 Å². The van der Waals surface area contributed by atoms with Crippen LogP contribution in [-0.2, 0) is 4.79 Å². The third kappa shape index (κ3) is 1.79. The van der Waals surface area contributed by atoms with Crippen molar-refractivity contribution < 1.29 is 9.21 Å². The molecule has 1 aliphatic heterocycles. The van der Waals surface area contributed by atoms with E-state index in [4.69, 9.17) is 4.42 Å². The number of amides is 1. The zero-order valence-electron chi connectivity index (χ0n) is 9.89. The number of carbonyl (C=O) groups is 1. The fourth-order valence-electron chi connectivity index (χ4n) is 2.30. The molecule has 1 amide bonds. The van der Waals surface area contributed by atoms with Gasteiger partial charge in [0.25, 0.3) is 0 Å². The molecular formula is C14H13NO3. The molecule has 0 unspecified atom stereocenters. The molecule has 92 valence electrons. The van der Waals surface area contributed by atoms with Crippen LogP contribution in [0.25, 0.3) is 11.0 Å². The molecule has 1 fully saturated rings. The number of nitrogens with zero attached hydrogens (tertiary/aromatic N) is 1. The van der Waals surface area contributed by atoms with Crippen molar-refractivity contribution in [1.82, 2.24) is 0 Å². The van der Waals surface area contributed by atoms with E-state index in [9.17, 15) is 9.59 Å². The van der Waals surface area contributed by atoms with Crippen LogP contribution in [0, 0.1) is 0 Å². The first-order valence-electron chi connectivity index (χ1n) is 6.09. The van der Waals surface area contributed by atoms with E-state index in [1.807, 2.05) is 18.2 Å². The molecule has 0 atom stereocenters. The highest BCUT2D eigenvalue weighted by Gasteiger charge is 2.22. The normalized spacial score (nSPS) is 16.2. The molecule has 0 N–H and O–H groups in total. The zero-order chi connectivity index (χ0) is 12.5. The topological polar surface area (TPSA) is 50.5 Å². The van der Waals surface area contributed by atoms with E-state index < -0.39 is 5.63 Å². The van der Waals surface area contributed by atoms with Gasteiger partial charge in [0, 0.05) is 18.4 Å². The Bertz CT molecular complexity index is 659. The molecule has 2 heterocycles. The number of piperidine rings is 1. The van der Waals surface area contributed by atoms with Crippen molar-refractivity contribution in [1.29, 1.82) is 0 Å². The molecule has 0 radical (unpaired) electrons. The SMILES string of the molecule is O=C1CCCCN1c1cc2ccccc2oc1=O. The van der Waals surface area contributed by atoms with E-state index in [0.717, 1.165) is 18.2 Å². The van der Waals surface area contributed by atoms with Gasteiger partial charge in [-0.1, -0.05) is 18.2 Å². The summed E-state index contributed by atoms with van der Waals surface area (Å²) < 4.78 is 5.24. The Morgan fingerprint density at radius 1 is 1.11 bits per heavy atom. The highest BCUT2D eigenvalue weighted by Crippen LogP contribution is 2.21. The van der Waals surface area contributed by atoms with Gasteiger partial charge < -0.3 is 9.32 Å². The Balaban J connectivity index is 2.13. The smallest absolute Gasteiger partial charge is 0.360 e. The first-order valence-corrected chi connectivity index (χ1v) is 6.09. The number of anilines is 1. The average Bonchev–Trinajstić information content (AvgIpc) is 2.39. The second-order valence-corrected chi connectivity index (χ2v) is 4.46. The molecular weight excluding hydrogens is 230 g/mol. The monoisotopic (exact) mass is 243 g/mol. The van der Waals surface area contributed by atoms with Crippen LogP contribution in [0.4, 0.5) is 5.69 Å². The Morgan fingerprint density at radius 3 is 2.78 bits per heavy atom. The van der Waals surface area contributed by atoms with Gasteiger partial charge in [0.15, 0.2) is 0 Å². The van der Waals surface area contributed by atoms with Crippen LogP contribution in [0.2, 0.25) is 0 Å². The van der Waals surface area contributed by atoms with E-state index in [-0.39, 0.29) is 5.91 Å². The summed E-state index contributed by atoms with van der Waals surface area (Å²) in [6.45, 7) is 0.599. The van der Waals surface area contributed by atoms with Crippen molar-refractivity contribution in [3.8, 4) is 0 Å². The van der Waals surface area contributed by atoms with Gasteiger partial charge in [-0.15, -0.1) is 0 Å². The fraction of sp³-hybridized carbons (Fsp3) is 0.286. The Morgan fingerprint density at radius 2 is 1.94 bits per heavy atom. The van der Waals surface area contributed by atoms with E-state index in [1.54, 1.807) is 17.0 Å². The maximum atomic E-state index is 11.9. The summed E-state index contributed by atoms with van der Waals surface area (Å²) in [5.74, 6) is 0.00355. The third-order valence-electron chi connectivity index (χ3n) is 3.24. The number of hydrogen-bond donors (Lipinski definition) is 0. The third-order valence-corrected chi connectivity index (χ3v) is 3.24. The van der Waals surface area contributed by atoms with Crippen molar-refractivity contribution in [3.05, 3.63) is 40.8 Å². The number of rotatable bonds is 1. The lowest BCUT2D eigenvalue weighted by Gasteiger charge is -2.25. The number of benzene rings is 1. The molecule has 1 aromatic carbocycles. The maximum Gasteiger partial charge on any atom is 0.360 e. The summed E-state index contributed by atoms with van der Waals surface area (Å²) in [6, 6.07) is 9.06. The van der Waals surface area contributed by atoms with Gasteiger partial charge in [-0.05, 0) is 25.0 Å². The van der Waals surface area contributed by atoms with E-state index in [0.29, 0.717) is 24.2 Å². The summed E-state index contributed by atoms with van der Waals surface area (Å²) in [5, 5.41) is 0.838. The van der Waals surface area contributed by atoms with Crippen LogP contribution < -0.4 is 10.5 Å². The highest BCUT2D eigenvalue weighted by atomic mass is 16.4. The second-order valence-electron chi connectivity index (χ2n) is 4.46. The molecule has 18 heavy (non-hydrogen) atoms. The number of para-hydroxylation sites is 1. The van der Waals surface area contributed by atoms with Gasteiger partial charge in [-0.25, -0.2) is 4.79 Å². The molecule has 1 saturated heterocycles. The zero-order valence-corrected chi connectivity index (χ0v) is 9.89. The number of fused-ring (bicyclic) bond motifs is 1. The van der Waals surface area contributed by atoms with Crippen molar-refractivity contribution in [2.24, 2.45) is 0 Å². The van der Waals surface area contributed by atoms with Gasteiger partial charge in [0.1, 0.15) is 11.3 Å². The molecule has 0 aliphatic carbocycles. The van der Waals surface area contributed by atoms with Gasteiger partial charge in [0.05, 0.1) is 0 Å². The molecule has 3 rings (SSSR count). The van der Waals surface area contributed by atoms with Crippen LogP contribution in [-0.4, -0.2) is 12.5 Å². The maximum absolute atomic E-state index is 11.9. The van der Waals surface area contributed by atoms with Crippen LogP contribution in [0.3, 0.4) is 0 Å². The quantitative estimate of drug-likeness (QED) is 0.722. The van der Waals surface area contributed by atoms with Crippen LogP contribution in [0.5, 0.6) is 0 Å². The lowest BCUT2D eigenvalue weighted by atomic mass is 10.1. The van der Waals surface area contributed by atoms with Crippen molar-refractivity contribution in [3.63, 3.8) is 0 Å². The highest BCUT2D eigenvalue weighted by molar-refractivity contribution is 5.95. The van der Waals surface area contributed by atoms with Crippen molar-refractivity contribution in [2.45, 2.75) is 19.3 Å². The minimum Gasteiger partial charge on any atom is -0.421 e. The standard InChI is InChI=1S/C14H13NO3/c16-13-7-3-4-8-15(13)11-9-10-5-1-2-6-12(10)18-14(11)17/h1-2,5-6,9H,3-4,7-8H2. The summed E-state index contributed by atoms with van der Waals surface area (Å²) in [4.78, 5) is 25.3. The molecule has 2 aromatic rings. The van der Waals surface area contributed by atoms with Crippen LogP contribution in [0.1, 0.15) is 19.3 Å². The lowest BCUT2D eigenvalue weighted by Crippen LogP contribution is -2.37. The largest absolute Gasteiger partial charge is 0.421 e. The molecule has 0 bridgehead atoms. The average molecular weight is 243 g/mol. The second kappa shape index (κ2) is 4.29. The van der Waals surface area contributed by atoms with Crippen LogP contribution in [0.15, 0.2) is 39.5 Å². The summed E-state index contributed by atoms with van der Waals surface area (Å²) in [5.41, 5.74) is 0.470. The summed E-state index contributed by atoms with van der Waals surface area (Å²) in [7, 11) is 0.